The minimum atomic E-state index is -0.327. The van der Waals surface area contributed by atoms with Gasteiger partial charge in [-0.25, -0.2) is 4.39 Å². The summed E-state index contributed by atoms with van der Waals surface area (Å²) in [4.78, 5) is 0. The van der Waals surface area contributed by atoms with Crippen molar-refractivity contribution in [3.05, 3.63) is 34.6 Å². The van der Waals surface area contributed by atoms with E-state index in [0.29, 0.717) is 6.04 Å². The molecule has 18 heavy (non-hydrogen) atoms. The highest BCUT2D eigenvalue weighted by atomic mass is 35.5. The monoisotopic (exact) mass is 269 g/mol. The molecule has 0 spiro atoms. The predicted octanol–water partition coefficient (Wildman–Crippen LogP) is 4.54. The highest BCUT2D eigenvalue weighted by Crippen LogP contribution is 2.27. The number of halogens is 2. The SMILES string of the molecule is CCC1CCCCC1NCc1ccc(Cl)c(F)c1. The first-order valence-corrected chi connectivity index (χ1v) is 7.25. The van der Waals surface area contributed by atoms with Crippen LogP contribution < -0.4 is 5.32 Å². The summed E-state index contributed by atoms with van der Waals surface area (Å²) in [6, 6.07) is 5.63. The van der Waals surface area contributed by atoms with Crippen molar-refractivity contribution in [1.82, 2.24) is 5.32 Å². The van der Waals surface area contributed by atoms with Gasteiger partial charge in [-0.1, -0.05) is 43.9 Å². The molecule has 3 heteroatoms. The first-order valence-electron chi connectivity index (χ1n) is 6.88. The van der Waals surface area contributed by atoms with Crippen LogP contribution in [0.3, 0.4) is 0 Å². The summed E-state index contributed by atoms with van der Waals surface area (Å²) in [5.74, 6) is 0.447. The van der Waals surface area contributed by atoms with Gasteiger partial charge in [-0.05, 0) is 36.5 Å². The fourth-order valence-corrected chi connectivity index (χ4v) is 2.98. The molecule has 2 unspecified atom stereocenters. The molecule has 0 aromatic heterocycles. The van der Waals surface area contributed by atoms with Crippen LogP contribution in [0.4, 0.5) is 4.39 Å². The molecule has 1 aliphatic rings. The second-order valence-corrected chi connectivity index (χ2v) is 5.60. The highest BCUT2D eigenvalue weighted by molar-refractivity contribution is 6.30. The molecule has 1 aromatic carbocycles. The van der Waals surface area contributed by atoms with Crippen molar-refractivity contribution in [2.24, 2.45) is 5.92 Å². The van der Waals surface area contributed by atoms with E-state index in [-0.39, 0.29) is 10.8 Å². The third-order valence-corrected chi connectivity index (χ3v) is 4.29. The molecule has 1 aromatic rings. The van der Waals surface area contributed by atoms with Crippen LogP contribution in [0.5, 0.6) is 0 Å². The molecule has 2 atom stereocenters. The molecule has 100 valence electrons. The van der Waals surface area contributed by atoms with Crippen molar-refractivity contribution in [1.29, 1.82) is 0 Å². The largest absolute Gasteiger partial charge is 0.310 e. The van der Waals surface area contributed by atoms with E-state index < -0.39 is 0 Å². The Balaban J connectivity index is 1.91. The maximum absolute atomic E-state index is 13.3. The summed E-state index contributed by atoms with van der Waals surface area (Å²) in [5, 5.41) is 3.77. The Hall–Kier alpha value is -0.600. The molecule has 2 rings (SSSR count). The first-order chi connectivity index (χ1) is 8.70. The zero-order valence-electron chi connectivity index (χ0n) is 10.9. The maximum Gasteiger partial charge on any atom is 0.142 e. The Morgan fingerprint density at radius 1 is 1.33 bits per heavy atom. The van der Waals surface area contributed by atoms with E-state index in [0.717, 1.165) is 18.0 Å². The van der Waals surface area contributed by atoms with Crippen LogP contribution in [0.2, 0.25) is 5.02 Å². The van der Waals surface area contributed by atoms with Crippen molar-refractivity contribution >= 4 is 11.6 Å². The highest BCUT2D eigenvalue weighted by Gasteiger charge is 2.22. The van der Waals surface area contributed by atoms with Crippen LogP contribution in [0.15, 0.2) is 18.2 Å². The lowest BCUT2D eigenvalue weighted by Crippen LogP contribution is -2.37. The smallest absolute Gasteiger partial charge is 0.142 e. The zero-order valence-corrected chi connectivity index (χ0v) is 11.6. The Morgan fingerprint density at radius 3 is 2.83 bits per heavy atom. The van der Waals surface area contributed by atoms with E-state index in [1.807, 2.05) is 6.07 Å². The van der Waals surface area contributed by atoms with Gasteiger partial charge in [0.25, 0.3) is 0 Å². The molecule has 1 fully saturated rings. The predicted molar refractivity (Wildman–Crippen MR) is 74.3 cm³/mol. The second kappa shape index (κ2) is 6.53. The van der Waals surface area contributed by atoms with E-state index in [9.17, 15) is 4.39 Å². The summed E-state index contributed by atoms with van der Waals surface area (Å²) in [6.07, 6.45) is 6.46. The van der Waals surface area contributed by atoms with Crippen LogP contribution in [0.1, 0.15) is 44.6 Å². The van der Waals surface area contributed by atoms with Gasteiger partial charge in [0.05, 0.1) is 5.02 Å². The first kappa shape index (κ1) is 13.8. The van der Waals surface area contributed by atoms with Gasteiger partial charge < -0.3 is 5.32 Å². The Bertz CT molecular complexity index is 394. The lowest BCUT2D eigenvalue weighted by molar-refractivity contribution is 0.254. The molecular weight excluding hydrogens is 249 g/mol. The van der Waals surface area contributed by atoms with E-state index in [4.69, 9.17) is 11.6 Å². The van der Waals surface area contributed by atoms with Gasteiger partial charge in [-0.2, -0.15) is 0 Å². The maximum atomic E-state index is 13.3. The molecule has 0 bridgehead atoms. The van der Waals surface area contributed by atoms with E-state index in [1.54, 1.807) is 6.07 Å². The summed E-state index contributed by atoms with van der Waals surface area (Å²) in [7, 11) is 0. The molecule has 1 nitrogen and oxygen atoms in total. The summed E-state index contributed by atoms with van der Waals surface area (Å²) < 4.78 is 13.3. The van der Waals surface area contributed by atoms with Gasteiger partial charge in [0.2, 0.25) is 0 Å². The molecule has 1 N–H and O–H groups in total. The molecule has 0 aliphatic heterocycles. The third-order valence-electron chi connectivity index (χ3n) is 3.99. The quantitative estimate of drug-likeness (QED) is 0.846. The van der Waals surface area contributed by atoms with Crippen LogP contribution in [0.25, 0.3) is 0 Å². The number of nitrogens with one attached hydrogen (secondary N) is 1. The summed E-state index contributed by atoms with van der Waals surface area (Å²) in [5.41, 5.74) is 0.970. The third kappa shape index (κ3) is 3.46. The van der Waals surface area contributed by atoms with Crippen molar-refractivity contribution in [3.8, 4) is 0 Å². The number of hydrogen-bond donors (Lipinski definition) is 1. The van der Waals surface area contributed by atoms with E-state index in [1.165, 1.54) is 38.2 Å². The standard InChI is InChI=1S/C15H21ClFN/c1-2-12-5-3-4-6-15(12)18-10-11-7-8-13(16)14(17)9-11/h7-9,12,15,18H,2-6,10H2,1H3. The van der Waals surface area contributed by atoms with Gasteiger partial charge >= 0.3 is 0 Å². The molecular formula is C15H21ClFN. The average molecular weight is 270 g/mol. The average Bonchev–Trinajstić information content (AvgIpc) is 2.40. The number of hydrogen-bond acceptors (Lipinski definition) is 1. The minimum absolute atomic E-state index is 0.197. The van der Waals surface area contributed by atoms with Crippen LogP contribution in [-0.2, 0) is 6.54 Å². The van der Waals surface area contributed by atoms with Crippen molar-refractivity contribution in [2.45, 2.75) is 51.6 Å². The topological polar surface area (TPSA) is 12.0 Å². The van der Waals surface area contributed by atoms with Crippen LogP contribution >= 0.6 is 11.6 Å². The van der Waals surface area contributed by atoms with Gasteiger partial charge in [0.1, 0.15) is 5.82 Å². The van der Waals surface area contributed by atoms with Gasteiger partial charge in [-0.15, -0.1) is 0 Å². The summed E-state index contributed by atoms with van der Waals surface area (Å²) >= 11 is 5.68. The van der Waals surface area contributed by atoms with Crippen molar-refractivity contribution < 1.29 is 4.39 Å². The molecule has 0 heterocycles. The Kier molecular flexibility index (Phi) is 5.02. The Morgan fingerprint density at radius 2 is 2.11 bits per heavy atom. The van der Waals surface area contributed by atoms with Gasteiger partial charge in [0, 0.05) is 12.6 Å². The molecule has 0 amide bonds. The molecule has 1 saturated carbocycles. The van der Waals surface area contributed by atoms with E-state index >= 15 is 0 Å². The number of rotatable bonds is 4. The normalized spacial score (nSPS) is 24.2. The van der Waals surface area contributed by atoms with Crippen molar-refractivity contribution in [3.63, 3.8) is 0 Å². The second-order valence-electron chi connectivity index (χ2n) is 5.19. The fraction of sp³-hybridized carbons (Fsp3) is 0.600. The van der Waals surface area contributed by atoms with Crippen molar-refractivity contribution in [2.75, 3.05) is 0 Å². The fourth-order valence-electron chi connectivity index (χ4n) is 2.86. The lowest BCUT2D eigenvalue weighted by atomic mass is 9.83. The molecule has 1 aliphatic carbocycles. The minimum Gasteiger partial charge on any atom is -0.310 e. The molecule has 0 saturated heterocycles. The number of benzene rings is 1. The lowest BCUT2D eigenvalue weighted by Gasteiger charge is -2.31. The van der Waals surface area contributed by atoms with E-state index in [2.05, 4.69) is 12.2 Å². The summed E-state index contributed by atoms with van der Waals surface area (Å²) in [6.45, 7) is 2.99. The zero-order chi connectivity index (χ0) is 13.0. The van der Waals surface area contributed by atoms with Gasteiger partial charge in [-0.3, -0.25) is 0 Å². The van der Waals surface area contributed by atoms with Crippen LogP contribution in [0, 0.1) is 11.7 Å². The molecule has 0 radical (unpaired) electrons. The van der Waals surface area contributed by atoms with Crippen LogP contribution in [-0.4, -0.2) is 6.04 Å². The van der Waals surface area contributed by atoms with Gasteiger partial charge in [0.15, 0.2) is 0 Å². The Labute approximate surface area is 114 Å².